The van der Waals surface area contributed by atoms with E-state index < -0.39 is 10.0 Å². The molecule has 5 heteroatoms. The molecule has 2 N–H and O–H groups in total. The van der Waals surface area contributed by atoms with Crippen LogP contribution < -0.4 is 5.73 Å². The van der Waals surface area contributed by atoms with E-state index in [1.807, 2.05) is 26.8 Å². The Balaban J connectivity index is 3.20. The predicted molar refractivity (Wildman–Crippen MR) is 69.0 cm³/mol. The van der Waals surface area contributed by atoms with E-state index in [2.05, 4.69) is 0 Å². The third-order valence-corrected chi connectivity index (χ3v) is 4.78. The van der Waals surface area contributed by atoms with E-state index in [1.54, 1.807) is 18.2 Å². The summed E-state index contributed by atoms with van der Waals surface area (Å²) in [6.07, 6.45) is 0. The van der Waals surface area contributed by atoms with Crippen LogP contribution in [0, 0.1) is 0 Å². The highest BCUT2D eigenvalue weighted by Gasteiger charge is 2.25. The Hall–Kier alpha value is -0.910. The van der Waals surface area contributed by atoms with Gasteiger partial charge in [0, 0.05) is 19.1 Å². The summed E-state index contributed by atoms with van der Waals surface area (Å²) in [4.78, 5) is 0.316. The number of rotatable bonds is 5. The Kier molecular flexibility index (Phi) is 4.68. The average molecular weight is 256 g/mol. The first-order valence-electron chi connectivity index (χ1n) is 5.74. The van der Waals surface area contributed by atoms with Crippen LogP contribution in [0.25, 0.3) is 0 Å². The molecule has 17 heavy (non-hydrogen) atoms. The highest BCUT2D eigenvalue weighted by molar-refractivity contribution is 7.89. The average Bonchev–Trinajstić information content (AvgIpc) is 2.29. The van der Waals surface area contributed by atoms with Crippen molar-refractivity contribution in [3.63, 3.8) is 0 Å². The van der Waals surface area contributed by atoms with Crippen molar-refractivity contribution in [3.8, 4) is 0 Å². The lowest BCUT2D eigenvalue weighted by molar-refractivity contribution is 0.369. The standard InChI is InChI=1S/C12H20N2O2S/c1-4-14(10(2)3)17(15,16)12-7-5-6-11(8-12)9-13/h5-8,10H,4,9,13H2,1-3H3. The van der Waals surface area contributed by atoms with Crippen LogP contribution in [0.3, 0.4) is 0 Å². The van der Waals surface area contributed by atoms with Crippen LogP contribution in [0.1, 0.15) is 26.3 Å². The normalized spacial score (nSPS) is 12.4. The SMILES string of the molecule is CCN(C(C)C)S(=O)(=O)c1cccc(CN)c1. The Bertz CT molecular complexity index is 469. The molecule has 0 amide bonds. The summed E-state index contributed by atoms with van der Waals surface area (Å²) in [6, 6.07) is 6.75. The van der Waals surface area contributed by atoms with Crippen LogP contribution in [-0.4, -0.2) is 25.3 Å². The molecule has 0 atom stereocenters. The van der Waals surface area contributed by atoms with E-state index in [4.69, 9.17) is 5.73 Å². The lowest BCUT2D eigenvalue weighted by Crippen LogP contribution is -2.36. The monoisotopic (exact) mass is 256 g/mol. The number of nitrogens with two attached hydrogens (primary N) is 1. The molecule has 0 aliphatic rings. The molecule has 0 radical (unpaired) electrons. The summed E-state index contributed by atoms with van der Waals surface area (Å²) in [7, 11) is -3.41. The topological polar surface area (TPSA) is 63.4 Å². The van der Waals surface area contributed by atoms with Gasteiger partial charge in [0.25, 0.3) is 0 Å². The molecule has 0 aliphatic heterocycles. The minimum atomic E-state index is -3.41. The Morgan fingerprint density at radius 2 is 2.00 bits per heavy atom. The number of hydrogen-bond donors (Lipinski definition) is 1. The van der Waals surface area contributed by atoms with Crippen LogP contribution in [0.4, 0.5) is 0 Å². The van der Waals surface area contributed by atoms with Gasteiger partial charge in [0.1, 0.15) is 0 Å². The molecule has 0 spiro atoms. The Morgan fingerprint density at radius 1 is 1.35 bits per heavy atom. The van der Waals surface area contributed by atoms with Gasteiger partial charge >= 0.3 is 0 Å². The maximum Gasteiger partial charge on any atom is 0.243 e. The van der Waals surface area contributed by atoms with Gasteiger partial charge < -0.3 is 5.73 Å². The summed E-state index contributed by atoms with van der Waals surface area (Å²) < 4.78 is 26.2. The van der Waals surface area contributed by atoms with Gasteiger partial charge in [-0.25, -0.2) is 8.42 Å². The minimum Gasteiger partial charge on any atom is -0.326 e. The maximum atomic E-state index is 12.4. The van der Waals surface area contributed by atoms with Gasteiger partial charge in [-0.1, -0.05) is 19.1 Å². The van der Waals surface area contributed by atoms with Gasteiger partial charge in [0.15, 0.2) is 0 Å². The van der Waals surface area contributed by atoms with E-state index in [1.165, 1.54) is 4.31 Å². The molecular formula is C12H20N2O2S. The van der Waals surface area contributed by atoms with Crippen molar-refractivity contribution in [2.45, 2.75) is 38.3 Å². The highest BCUT2D eigenvalue weighted by atomic mass is 32.2. The lowest BCUT2D eigenvalue weighted by Gasteiger charge is -2.24. The first-order valence-corrected chi connectivity index (χ1v) is 7.18. The van der Waals surface area contributed by atoms with Gasteiger partial charge in [0.2, 0.25) is 10.0 Å². The van der Waals surface area contributed by atoms with E-state index in [0.29, 0.717) is 18.0 Å². The molecule has 0 unspecified atom stereocenters. The minimum absolute atomic E-state index is 0.0495. The molecule has 0 bridgehead atoms. The van der Waals surface area contributed by atoms with Crippen molar-refractivity contribution >= 4 is 10.0 Å². The first kappa shape index (κ1) is 14.2. The van der Waals surface area contributed by atoms with E-state index in [-0.39, 0.29) is 6.04 Å². The van der Waals surface area contributed by atoms with Crippen molar-refractivity contribution in [1.82, 2.24) is 4.31 Å². The van der Waals surface area contributed by atoms with Crippen LogP contribution in [-0.2, 0) is 16.6 Å². The van der Waals surface area contributed by atoms with E-state index in [0.717, 1.165) is 5.56 Å². The smallest absolute Gasteiger partial charge is 0.243 e. The van der Waals surface area contributed by atoms with Crippen LogP contribution in [0.2, 0.25) is 0 Å². The molecule has 0 heterocycles. The molecule has 0 saturated carbocycles. The zero-order valence-corrected chi connectivity index (χ0v) is 11.4. The molecular weight excluding hydrogens is 236 g/mol. The van der Waals surface area contributed by atoms with Crippen LogP contribution >= 0.6 is 0 Å². The summed E-state index contributed by atoms with van der Waals surface area (Å²) >= 11 is 0. The lowest BCUT2D eigenvalue weighted by atomic mass is 10.2. The predicted octanol–water partition coefficient (Wildman–Crippen LogP) is 1.56. The highest BCUT2D eigenvalue weighted by Crippen LogP contribution is 2.18. The quantitative estimate of drug-likeness (QED) is 0.869. The second-order valence-electron chi connectivity index (χ2n) is 4.15. The van der Waals surface area contributed by atoms with Crippen molar-refractivity contribution in [2.24, 2.45) is 5.73 Å². The number of nitrogens with zero attached hydrogens (tertiary/aromatic N) is 1. The zero-order chi connectivity index (χ0) is 13.1. The largest absolute Gasteiger partial charge is 0.326 e. The fourth-order valence-corrected chi connectivity index (χ4v) is 3.50. The molecule has 0 aliphatic carbocycles. The molecule has 1 rings (SSSR count). The second kappa shape index (κ2) is 5.62. The van der Waals surface area contributed by atoms with Gasteiger partial charge in [-0.15, -0.1) is 0 Å². The molecule has 1 aromatic carbocycles. The van der Waals surface area contributed by atoms with E-state index >= 15 is 0 Å². The molecule has 96 valence electrons. The number of benzene rings is 1. The zero-order valence-electron chi connectivity index (χ0n) is 10.6. The van der Waals surface area contributed by atoms with E-state index in [9.17, 15) is 8.42 Å². The number of sulfonamides is 1. The van der Waals surface area contributed by atoms with Crippen molar-refractivity contribution in [2.75, 3.05) is 6.54 Å². The summed E-state index contributed by atoms with van der Waals surface area (Å²) in [5.41, 5.74) is 6.35. The third-order valence-electron chi connectivity index (χ3n) is 2.63. The Morgan fingerprint density at radius 3 is 2.47 bits per heavy atom. The molecule has 1 aromatic rings. The van der Waals surface area contributed by atoms with Crippen molar-refractivity contribution in [3.05, 3.63) is 29.8 Å². The summed E-state index contributed by atoms with van der Waals surface area (Å²) in [6.45, 7) is 6.38. The molecule has 0 fully saturated rings. The van der Waals surface area contributed by atoms with Crippen molar-refractivity contribution in [1.29, 1.82) is 0 Å². The third kappa shape index (κ3) is 3.06. The van der Waals surface area contributed by atoms with Gasteiger partial charge in [-0.2, -0.15) is 4.31 Å². The fraction of sp³-hybridized carbons (Fsp3) is 0.500. The van der Waals surface area contributed by atoms with Crippen molar-refractivity contribution < 1.29 is 8.42 Å². The summed E-state index contributed by atoms with van der Waals surface area (Å²) in [5.74, 6) is 0. The summed E-state index contributed by atoms with van der Waals surface area (Å²) in [5, 5.41) is 0. The Labute approximate surface area is 103 Å². The van der Waals surface area contributed by atoms with Gasteiger partial charge in [0.05, 0.1) is 4.90 Å². The molecule has 0 saturated heterocycles. The molecule has 4 nitrogen and oxygen atoms in total. The maximum absolute atomic E-state index is 12.4. The fourth-order valence-electron chi connectivity index (χ4n) is 1.78. The van der Waals surface area contributed by atoms with Gasteiger partial charge in [-0.3, -0.25) is 0 Å². The van der Waals surface area contributed by atoms with Crippen LogP contribution in [0.5, 0.6) is 0 Å². The molecule has 0 aromatic heterocycles. The first-order chi connectivity index (χ1) is 7.93. The second-order valence-corrected chi connectivity index (χ2v) is 6.04. The number of hydrogen-bond acceptors (Lipinski definition) is 3. The van der Waals surface area contributed by atoms with Gasteiger partial charge in [-0.05, 0) is 31.5 Å². The van der Waals surface area contributed by atoms with Crippen LogP contribution in [0.15, 0.2) is 29.2 Å².